The number of aryl methyl sites for hydroxylation is 1. The number of aromatic nitrogens is 1. The van der Waals surface area contributed by atoms with Gasteiger partial charge in [-0.1, -0.05) is 6.07 Å². The van der Waals surface area contributed by atoms with Crippen molar-refractivity contribution in [3.63, 3.8) is 0 Å². The van der Waals surface area contributed by atoms with Gasteiger partial charge in [0.25, 0.3) is 0 Å². The molecule has 2 aromatic heterocycles. The third-order valence-electron chi connectivity index (χ3n) is 2.66. The summed E-state index contributed by atoms with van der Waals surface area (Å²) in [6.07, 6.45) is 1.64. The van der Waals surface area contributed by atoms with E-state index in [1.165, 1.54) is 0 Å². The molecule has 0 N–H and O–H groups in total. The molecule has 0 spiro atoms. The van der Waals surface area contributed by atoms with E-state index in [1.807, 2.05) is 38.2 Å². The van der Waals surface area contributed by atoms with Crippen LogP contribution in [0, 0.1) is 18.3 Å². The van der Waals surface area contributed by atoms with Gasteiger partial charge < -0.3 is 4.42 Å². The number of pyridine rings is 1. The summed E-state index contributed by atoms with van der Waals surface area (Å²) in [5, 5.41) is 8.97. The summed E-state index contributed by atoms with van der Waals surface area (Å²) in [7, 11) is 1.99. The largest absolute Gasteiger partial charge is 0.465 e. The van der Waals surface area contributed by atoms with E-state index >= 15 is 0 Å². The fraction of sp³-hybridized carbons (Fsp3) is 0.286. The minimum absolute atomic E-state index is 0.486. The highest BCUT2D eigenvalue weighted by Gasteiger charge is 2.08. The number of nitriles is 1. The highest BCUT2D eigenvalue weighted by atomic mass is 16.3. The number of furan rings is 1. The summed E-state index contributed by atoms with van der Waals surface area (Å²) in [5.41, 5.74) is 1.42. The van der Waals surface area contributed by atoms with Crippen molar-refractivity contribution in [1.29, 1.82) is 5.26 Å². The van der Waals surface area contributed by atoms with Crippen molar-refractivity contribution in [2.45, 2.75) is 20.0 Å². The Morgan fingerprint density at radius 3 is 2.83 bits per heavy atom. The first-order valence-corrected chi connectivity index (χ1v) is 5.77. The van der Waals surface area contributed by atoms with Crippen molar-refractivity contribution in [2.24, 2.45) is 0 Å². The normalized spacial score (nSPS) is 10.6. The first-order valence-electron chi connectivity index (χ1n) is 5.77. The number of hydrogen-bond acceptors (Lipinski definition) is 4. The van der Waals surface area contributed by atoms with Gasteiger partial charge >= 0.3 is 0 Å². The molecule has 0 aromatic carbocycles. The van der Waals surface area contributed by atoms with Crippen molar-refractivity contribution in [3.8, 4) is 6.07 Å². The first kappa shape index (κ1) is 12.3. The van der Waals surface area contributed by atoms with E-state index in [0.29, 0.717) is 18.8 Å². The molecule has 2 aromatic rings. The summed E-state index contributed by atoms with van der Waals surface area (Å²) in [5.74, 6) is 1.84. The topological polar surface area (TPSA) is 53.1 Å². The Hall–Kier alpha value is -2.12. The molecule has 0 aliphatic rings. The fourth-order valence-corrected chi connectivity index (χ4v) is 1.85. The van der Waals surface area contributed by atoms with Crippen LogP contribution in [0.5, 0.6) is 0 Å². The molecule has 0 bridgehead atoms. The second-order valence-electron chi connectivity index (χ2n) is 4.31. The van der Waals surface area contributed by atoms with Crippen LogP contribution < -0.4 is 0 Å². The van der Waals surface area contributed by atoms with Gasteiger partial charge in [-0.25, -0.2) is 4.98 Å². The molecule has 0 saturated heterocycles. The average molecular weight is 241 g/mol. The van der Waals surface area contributed by atoms with Crippen LogP contribution in [-0.4, -0.2) is 16.9 Å². The van der Waals surface area contributed by atoms with Crippen LogP contribution in [0.15, 0.2) is 34.9 Å². The molecule has 0 atom stereocenters. The van der Waals surface area contributed by atoms with Crippen molar-refractivity contribution in [1.82, 2.24) is 9.88 Å². The summed E-state index contributed by atoms with van der Waals surface area (Å²) in [6.45, 7) is 3.32. The molecule has 0 radical (unpaired) electrons. The van der Waals surface area contributed by atoms with Gasteiger partial charge in [0.1, 0.15) is 23.3 Å². The van der Waals surface area contributed by atoms with E-state index < -0.39 is 0 Å². The predicted molar refractivity (Wildman–Crippen MR) is 67.6 cm³/mol. The molecule has 4 heteroatoms. The zero-order valence-electron chi connectivity index (χ0n) is 10.6. The molecule has 0 unspecified atom stereocenters. The van der Waals surface area contributed by atoms with Crippen LogP contribution in [-0.2, 0) is 13.1 Å². The monoisotopic (exact) mass is 241 g/mol. The van der Waals surface area contributed by atoms with Crippen molar-refractivity contribution < 1.29 is 4.42 Å². The highest BCUT2D eigenvalue weighted by molar-refractivity contribution is 5.30. The molecular weight excluding hydrogens is 226 g/mol. The molecule has 0 aliphatic carbocycles. The van der Waals surface area contributed by atoms with Crippen LogP contribution in [0.4, 0.5) is 0 Å². The first-order chi connectivity index (χ1) is 8.69. The van der Waals surface area contributed by atoms with Gasteiger partial charge in [-0.15, -0.1) is 0 Å². The lowest BCUT2D eigenvalue weighted by molar-refractivity contribution is 0.285. The van der Waals surface area contributed by atoms with E-state index in [-0.39, 0.29) is 0 Å². The molecule has 2 rings (SSSR count). The van der Waals surface area contributed by atoms with E-state index in [9.17, 15) is 0 Å². The minimum atomic E-state index is 0.486. The van der Waals surface area contributed by atoms with Crippen LogP contribution in [0.25, 0.3) is 0 Å². The molecule has 4 nitrogen and oxygen atoms in total. The average Bonchev–Trinajstić information content (AvgIpc) is 2.75. The maximum atomic E-state index is 8.97. The Bertz CT molecular complexity index is 568. The number of hydrogen-bond donors (Lipinski definition) is 0. The number of nitrogens with zero attached hydrogens (tertiary/aromatic N) is 3. The minimum Gasteiger partial charge on any atom is -0.465 e. The smallest absolute Gasteiger partial charge is 0.144 e. The maximum absolute atomic E-state index is 8.97. The standard InChI is InChI=1S/C14H15N3O/c1-11-5-6-13(18-11)10-17(2)9-12-4-3-7-16-14(12)8-15/h3-7H,9-10H2,1-2H3. The molecule has 18 heavy (non-hydrogen) atoms. The summed E-state index contributed by atoms with van der Waals surface area (Å²) >= 11 is 0. The van der Waals surface area contributed by atoms with Crippen molar-refractivity contribution in [2.75, 3.05) is 7.05 Å². The quantitative estimate of drug-likeness (QED) is 0.825. The summed E-state index contributed by atoms with van der Waals surface area (Å²) in [6, 6.07) is 9.81. The molecular formula is C14H15N3O. The van der Waals surface area contributed by atoms with Gasteiger partial charge in [-0.3, -0.25) is 4.90 Å². The van der Waals surface area contributed by atoms with E-state index in [1.54, 1.807) is 6.20 Å². The van der Waals surface area contributed by atoms with Gasteiger partial charge in [0.2, 0.25) is 0 Å². The molecule has 0 amide bonds. The fourth-order valence-electron chi connectivity index (χ4n) is 1.85. The zero-order chi connectivity index (χ0) is 13.0. The molecule has 0 saturated carbocycles. The highest BCUT2D eigenvalue weighted by Crippen LogP contribution is 2.12. The second-order valence-corrected chi connectivity index (χ2v) is 4.31. The van der Waals surface area contributed by atoms with Crippen LogP contribution >= 0.6 is 0 Å². The summed E-state index contributed by atoms with van der Waals surface area (Å²) < 4.78 is 5.53. The third kappa shape index (κ3) is 2.96. The van der Waals surface area contributed by atoms with E-state index in [2.05, 4.69) is 16.0 Å². The van der Waals surface area contributed by atoms with Gasteiger partial charge in [-0.05, 0) is 32.2 Å². The van der Waals surface area contributed by atoms with Crippen molar-refractivity contribution in [3.05, 3.63) is 53.2 Å². The Labute approximate surface area is 106 Å². The Morgan fingerprint density at radius 2 is 2.17 bits per heavy atom. The molecule has 92 valence electrons. The van der Waals surface area contributed by atoms with Crippen LogP contribution in [0.2, 0.25) is 0 Å². The third-order valence-corrected chi connectivity index (χ3v) is 2.66. The SMILES string of the molecule is Cc1ccc(CN(C)Cc2cccnc2C#N)o1. The lowest BCUT2D eigenvalue weighted by Gasteiger charge is -2.15. The molecule has 0 aliphatic heterocycles. The Kier molecular flexibility index (Phi) is 3.75. The lowest BCUT2D eigenvalue weighted by atomic mass is 10.2. The zero-order valence-corrected chi connectivity index (χ0v) is 10.6. The Morgan fingerprint density at radius 1 is 1.33 bits per heavy atom. The van der Waals surface area contributed by atoms with Gasteiger partial charge in [0, 0.05) is 18.3 Å². The van der Waals surface area contributed by atoms with Crippen molar-refractivity contribution >= 4 is 0 Å². The lowest BCUT2D eigenvalue weighted by Crippen LogP contribution is -2.17. The van der Waals surface area contributed by atoms with Gasteiger partial charge in [0.15, 0.2) is 0 Å². The Balaban J connectivity index is 2.03. The van der Waals surface area contributed by atoms with Gasteiger partial charge in [0.05, 0.1) is 6.54 Å². The summed E-state index contributed by atoms with van der Waals surface area (Å²) in [4.78, 5) is 6.14. The molecule has 0 fully saturated rings. The van der Waals surface area contributed by atoms with E-state index in [0.717, 1.165) is 17.1 Å². The van der Waals surface area contributed by atoms with Crippen LogP contribution in [0.3, 0.4) is 0 Å². The second kappa shape index (κ2) is 5.48. The van der Waals surface area contributed by atoms with E-state index in [4.69, 9.17) is 9.68 Å². The molecule has 2 heterocycles. The van der Waals surface area contributed by atoms with Gasteiger partial charge in [-0.2, -0.15) is 5.26 Å². The number of rotatable bonds is 4. The predicted octanol–water partition coefficient (Wildman–Crippen LogP) is 2.49. The maximum Gasteiger partial charge on any atom is 0.144 e. The van der Waals surface area contributed by atoms with Crippen LogP contribution in [0.1, 0.15) is 22.8 Å².